The lowest BCUT2D eigenvalue weighted by Gasteiger charge is -2.23. The minimum atomic E-state index is -0.272. The third-order valence-electron chi connectivity index (χ3n) is 3.82. The fraction of sp³-hybridized carbons (Fsp3) is 0.471. The molecule has 7 heteroatoms. The van der Waals surface area contributed by atoms with E-state index in [1.54, 1.807) is 0 Å². The van der Waals surface area contributed by atoms with Crippen LogP contribution in [0.15, 0.2) is 35.3 Å². The summed E-state index contributed by atoms with van der Waals surface area (Å²) in [6.07, 6.45) is 7.79. The lowest BCUT2D eigenvalue weighted by Crippen LogP contribution is -2.43. The molecule has 1 saturated carbocycles. The zero-order valence-corrected chi connectivity index (χ0v) is 13.7. The van der Waals surface area contributed by atoms with Crippen LogP contribution in [0.5, 0.6) is 0 Å². The van der Waals surface area contributed by atoms with E-state index in [2.05, 4.69) is 26.3 Å². The van der Waals surface area contributed by atoms with Crippen LogP contribution in [0.2, 0.25) is 0 Å². The van der Waals surface area contributed by atoms with Crippen molar-refractivity contribution in [1.29, 1.82) is 5.26 Å². The molecular formula is C17H24N6O. The molecule has 0 heterocycles. The number of amides is 2. The normalized spacial score (nSPS) is 15.2. The van der Waals surface area contributed by atoms with E-state index in [-0.39, 0.29) is 6.03 Å². The van der Waals surface area contributed by atoms with Gasteiger partial charge < -0.3 is 16.0 Å². The zero-order chi connectivity index (χ0) is 17.0. The van der Waals surface area contributed by atoms with Gasteiger partial charge in [-0.1, -0.05) is 37.5 Å². The minimum Gasteiger partial charge on any atom is -0.353 e. The molecule has 0 bridgehead atoms. The van der Waals surface area contributed by atoms with Gasteiger partial charge in [0.05, 0.1) is 6.54 Å². The molecule has 1 fully saturated rings. The number of rotatable bonds is 5. The Balaban J connectivity index is 1.71. The highest BCUT2D eigenvalue weighted by Gasteiger charge is 2.14. The summed E-state index contributed by atoms with van der Waals surface area (Å²) < 4.78 is 0. The summed E-state index contributed by atoms with van der Waals surface area (Å²) in [5.41, 5.74) is 0.740. The molecule has 1 aromatic rings. The number of guanidine groups is 1. The van der Waals surface area contributed by atoms with Crippen molar-refractivity contribution in [3.8, 4) is 6.19 Å². The predicted octanol–water partition coefficient (Wildman–Crippen LogP) is 2.16. The molecule has 1 aliphatic rings. The predicted molar refractivity (Wildman–Crippen MR) is 94.5 cm³/mol. The number of urea groups is 1. The molecule has 0 unspecified atom stereocenters. The highest BCUT2D eigenvalue weighted by Crippen LogP contribution is 2.17. The number of anilines is 1. The van der Waals surface area contributed by atoms with E-state index in [0.717, 1.165) is 18.5 Å². The standard InChI is InChI=1S/C17H24N6O/c18-13-21-16(22-14-7-3-1-4-8-14)19-11-12-20-17(24)23-15-9-5-2-6-10-15/h2,5-6,9-10,14H,1,3-4,7-8,11-12H2,(H2,19,21,22)(H2,20,23,24). The fourth-order valence-corrected chi connectivity index (χ4v) is 2.65. The smallest absolute Gasteiger partial charge is 0.319 e. The summed E-state index contributed by atoms with van der Waals surface area (Å²) in [5, 5.41) is 20.1. The second kappa shape index (κ2) is 10.1. The number of hydrogen-bond donors (Lipinski definition) is 4. The third-order valence-corrected chi connectivity index (χ3v) is 3.82. The maximum Gasteiger partial charge on any atom is 0.319 e. The summed E-state index contributed by atoms with van der Waals surface area (Å²) in [7, 11) is 0. The highest BCUT2D eigenvalue weighted by atomic mass is 16.2. The number of nitriles is 1. The average molecular weight is 328 g/mol. The van der Waals surface area contributed by atoms with Crippen LogP contribution in [0.4, 0.5) is 10.5 Å². The molecule has 7 nitrogen and oxygen atoms in total. The van der Waals surface area contributed by atoms with Crippen LogP contribution in [0.1, 0.15) is 32.1 Å². The summed E-state index contributed by atoms with van der Waals surface area (Å²) in [4.78, 5) is 16.1. The van der Waals surface area contributed by atoms with Crippen LogP contribution in [0, 0.1) is 11.5 Å². The lowest BCUT2D eigenvalue weighted by molar-refractivity contribution is 0.252. The van der Waals surface area contributed by atoms with Crippen LogP contribution in [-0.4, -0.2) is 31.1 Å². The van der Waals surface area contributed by atoms with Crippen molar-refractivity contribution < 1.29 is 4.79 Å². The Morgan fingerprint density at radius 2 is 1.96 bits per heavy atom. The largest absolute Gasteiger partial charge is 0.353 e. The molecule has 2 rings (SSSR count). The quantitative estimate of drug-likeness (QED) is 0.219. The minimum absolute atomic E-state index is 0.272. The highest BCUT2D eigenvalue weighted by molar-refractivity contribution is 5.89. The molecule has 1 aliphatic carbocycles. The molecule has 0 aromatic heterocycles. The first kappa shape index (κ1) is 17.6. The monoisotopic (exact) mass is 328 g/mol. The zero-order valence-electron chi connectivity index (χ0n) is 13.7. The number of carbonyl (C=O) groups is 1. The fourth-order valence-electron chi connectivity index (χ4n) is 2.65. The third kappa shape index (κ3) is 6.57. The van der Waals surface area contributed by atoms with Crippen molar-refractivity contribution in [3.05, 3.63) is 30.3 Å². The van der Waals surface area contributed by atoms with Crippen LogP contribution < -0.4 is 21.3 Å². The number of nitrogens with one attached hydrogen (secondary N) is 4. The van der Waals surface area contributed by atoms with E-state index in [0.29, 0.717) is 25.1 Å². The van der Waals surface area contributed by atoms with Gasteiger partial charge in [-0.25, -0.2) is 4.79 Å². The SMILES string of the molecule is N#CNC(=NCCNC(=O)Nc1ccccc1)NC1CCCCC1. The van der Waals surface area contributed by atoms with Gasteiger partial charge in [0.25, 0.3) is 0 Å². The molecule has 0 atom stereocenters. The molecule has 128 valence electrons. The van der Waals surface area contributed by atoms with Crippen molar-refractivity contribution in [1.82, 2.24) is 16.0 Å². The molecule has 2 amide bonds. The Labute approximate surface area is 142 Å². The Hall–Kier alpha value is -2.75. The maximum absolute atomic E-state index is 11.7. The first-order valence-electron chi connectivity index (χ1n) is 8.34. The number of nitrogens with zero attached hydrogens (tertiary/aromatic N) is 2. The van der Waals surface area contributed by atoms with E-state index in [1.165, 1.54) is 19.3 Å². The Morgan fingerprint density at radius 3 is 2.67 bits per heavy atom. The molecule has 0 saturated heterocycles. The summed E-state index contributed by atoms with van der Waals surface area (Å²) in [6, 6.07) is 9.34. The molecule has 0 spiro atoms. The summed E-state index contributed by atoms with van der Waals surface area (Å²) >= 11 is 0. The van der Waals surface area contributed by atoms with E-state index in [1.807, 2.05) is 36.5 Å². The summed E-state index contributed by atoms with van der Waals surface area (Å²) in [5.74, 6) is 0.481. The van der Waals surface area contributed by atoms with Crippen LogP contribution >= 0.6 is 0 Å². The lowest BCUT2D eigenvalue weighted by atomic mass is 9.96. The number of carbonyl (C=O) groups excluding carboxylic acids is 1. The van der Waals surface area contributed by atoms with E-state index in [9.17, 15) is 4.79 Å². The van der Waals surface area contributed by atoms with Gasteiger partial charge in [0.2, 0.25) is 5.96 Å². The van der Waals surface area contributed by atoms with Gasteiger partial charge in [-0.15, -0.1) is 0 Å². The number of aliphatic imine (C=N–C) groups is 1. The number of hydrogen-bond acceptors (Lipinski definition) is 3. The molecule has 0 radical (unpaired) electrons. The average Bonchev–Trinajstić information content (AvgIpc) is 2.60. The van der Waals surface area contributed by atoms with E-state index in [4.69, 9.17) is 5.26 Å². The second-order valence-corrected chi connectivity index (χ2v) is 5.69. The van der Waals surface area contributed by atoms with Crippen LogP contribution in [0.3, 0.4) is 0 Å². The Morgan fingerprint density at radius 1 is 1.21 bits per heavy atom. The van der Waals surface area contributed by atoms with E-state index < -0.39 is 0 Å². The van der Waals surface area contributed by atoms with Crippen LogP contribution in [0.25, 0.3) is 0 Å². The van der Waals surface area contributed by atoms with Crippen molar-refractivity contribution in [2.24, 2.45) is 4.99 Å². The topological polar surface area (TPSA) is 101 Å². The molecule has 24 heavy (non-hydrogen) atoms. The van der Waals surface area contributed by atoms with Crippen LogP contribution in [-0.2, 0) is 0 Å². The number of para-hydroxylation sites is 1. The first-order chi connectivity index (χ1) is 11.8. The van der Waals surface area contributed by atoms with Gasteiger partial charge in [0.1, 0.15) is 0 Å². The second-order valence-electron chi connectivity index (χ2n) is 5.69. The Kier molecular flexibility index (Phi) is 7.41. The van der Waals surface area contributed by atoms with Gasteiger partial charge in [0, 0.05) is 18.3 Å². The van der Waals surface area contributed by atoms with Gasteiger partial charge in [-0.3, -0.25) is 10.3 Å². The molecule has 4 N–H and O–H groups in total. The van der Waals surface area contributed by atoms with Crippen molar-refractivity contribution in [3.63, 3.8) is 0 Å². The van der Waals surface area contributed by atoms with Crippen molar-refractivity contribution in [2.75, 3.05) is 18.4 Å². The van der Waals surface area contributed by atoms with Gasteiger partial charge in [0.15, 0.2) is 6.19 Å². The first-order valence-corrected chi connectivity index (χ1v) is 8.34. The Bertz CT molecular complexity index is 574. The van der Waals surface area contributed by atoms with Crippen molar-refractivity contribution >= 4 is 17.7 Å². The van der Waals surface area contributed by atoms with Crippen molar-refractivity contribution in [2.45, 2.75) is 38.1 Å². The summed E-state index contributed by atoms with van der Waals surface area (Å²) in [6.45, 7) is 0.785. The van der Waals surface area contributed by atoms with Gasteiger partial charge in [-0.2, -0.15) is 5.26 Å². The van der Waals surface area contributed by atoms with E-state index >= 15 is 0 Å². The van der Waals surface area contributed by atoms with Gasteiger partial charge >= 0.3 is 6.03 Å². The maximum atomic E-state index is 11.7. The molecule has 0 aliphatic heterocycles. The molecular weight excluding hydrogens is 304 g/mol. The molecule has 1 aromatic carbocycles. The van der Waals surface area contributed by atoms with Gasteiger partial charge in [-0.05, 0) is 25.0 Å². The number of benzene rings is 1.